The average Bonchev–Trinajstić information content (AvgIpc) is 2.68. The van der Waals surface area contributed by atoms with E-state index in [1.54, 1.807) is 0 Å². The largest absolute Gasteiger partial charge is 0.463 e. The summed E-state index contributed by atoms with van der Waals surface area (Å²) in [4.78, 5) is 28.9. The molecule has 0 bridgehead atoms. The highest BCUT2D eigenvalue weighted by atomic mass is 31.2. The highest BCUT2D eigenvalue weighted by molar-refractivity contribution is 7.51. The van der Waals surface area contributed by atoms with E-state index in [0.717, 1.165) is 32.1 Å². The van der Waals surface area contributed by atoms with E-state index in [1.807, 2.05) is 0 Å². The van der Waals surface area contributed by atoms with E-state index in [9.17, 15) is 14.5 Å². The Hall–Kier alpha value is -0.720. The molecular weight excluding hydrogens is 407 g/mol. The molecule has 0 aliphatic carbocycles. The maximum absolute atomic E-state index is 11.6. The van der Waals surface area contributed by atoms with Crippen molar-refractivity contribution in [2.75, 3.05) is 19.6 Å². The van der Waals surface area contributed by atoms with Gasteiger partial charge in [0, 0.05) is 6.42 Å². The monoisotopic (exact) mass is 450 g/mol. The SMILES string of the molecule is CCCCCCCC/C=C\CCCCCCCC(=O)OC[C@H](O)COCP(=O)(O)O. The Morgan fingerprint density at radius 3 is 1.97 bits per heavy atom. The summed E-state index contributed by atoms with van der Waals surface area (Å²) in [7, 11) is -4.25. The fourth-order valence-corrected chi connectivity index (χ4v) is 3.30. The van der Waals surface area contributed by atoms with Crippen LogP contribution in [0.15, 0.2) is 12.2 Å². The number of esters is 1. The molecule has 0 fully saturated rings. The standard InChI is InChI=1S/C22H43O7P/c1-2-3-4-5-6-7-8-9-10-11-12-13-14-15-16-17-22(24)29-19-21(23)18-28-20-30(25,26)27/h9-10,21,23H,2-8,11-20H2,1H3,(H2,25,26,27)/b10-9-/t21-/m1/s1. The highest BCUT2D eigenvalue weighted by Gasteiger charge is 2.15. The van der Waals surface area contributed by atoms with Gasteiger partial charge >= 0.3 is 13.6 Å². The minimum atomic E-state index is -4.25. The number of allylic oxidation sites excluding steroid dienone is 2. The molecular formula is C22H43O7P. The van der Waals surface area contributed by atoms with Crippen LogP contribution in [-0.4, -0.2) is 46.5 Å². The summed E-state index contributed by atoms with van der Waals surface area (Å²) in [6, 6.07) is 0. The molecule has 0 rings (SSSR count). The van der Waals surface area contributed by atoms with E-state index in [0.29, 0.717) is 6.42 Å². The third-order valence-corrected chi connectivity index (χ3v) is 5.17. The van der Waals surface area contributed by atoms with Crippen molar-refractivity contribution in [1.29, 1.82) is 0 Å². The number of aliphatic hydroxyl groups is 1. The van der Waals surface area contributed by atoms with Crippen molar-refractivity contribution in [1.82, 2.24) is 0 Å². The maximum atomic E-state index is 11.6. The van der Waals surface area contributed by atoms with Crippen LogP contribution in [0.3, 0.4) is 0 Å². The second-order valence-corrected chi connectivity index (χ2v) is 9.42. The van der Waals surface area contributed by atoms with E-state index in [-0.39, 0.29) is 19.2 Å². The molecule has 30 heavy (non-hydrogen) atoms. The molecule has 8 heteroatoms. The lowest BCUT2D eigenvalue weighted by atomic mass is 10.1. The number of carbonyl (C=O) groups excluding carboxylic acids is 1. The smallest absolute Gasteiger partial charge is 0.350 e. The lowest BCUT2D eigenvalue weighted by molar-refractivity contribution is -0.147. The summed E-state index contributed by atoms with van der Waals surface area (Å²) in [6.07, 6.45) is 18.6. The molecule has 0 radical (unpaired) electrons. The van der Waals surface area contributed by atoms with Gasteiger partial charge in [0.2, 0.25) is 0 Å². The first-order valence-electron chi connectivity index (χ1n) is 11.5. The van der Waals surface area contributed by atoms with Crippen LogP contribution < -0.4 is 0 Å². The third kappa shape index (κ3) is 23.6. The van der Waals surface area contributed by atoms with E-state index in [2.05, 4.69) is 23.8 Å². The molecule has 0 aliphatic rings. The maximum Gasteiger partial charge on any atom is 0.350 e. The lowest BCUT2D eigenvalue weighted by Crippen LogP contribution is -2.24. The summed E-state index contributed by atoms with van der Waals surface area (Å²) >= 11 is 0. The molecule has 0 spiro atoms. The zero-order valence-electron chi connectivity index (χ0n) is 18.7. The van der Waals surface area contributed by atoms with Crippen LogP contribution in [-0.2, 0) is 18.8 Å². The normalized spacial score (nSPS) is 13.1. The molecule has 0 aromatic heterocycles. The second-order valence-electron chi connectivity index (χ2n) is 7.84. The summed E-state index contributed by atoms with van der Waals surface area (Å²) < 4.78 is 20.2. The Kier molecular flexibility index (Phi) is 19.7. The number of rotatable bonds is 21. The predicted molar refractivity (Wildman–Crippen MR) is 119 cm³/mol. The van der Waals surface area contributed by atoms with Gasteiger partial charge in [-0.15, -0.1) is 0 Å². The lowest BCUT2D eigenvalue weighted by Gasteiger charge is -2.12. The fourth-order valence-electron chi connectivity index (χ4n) is 2.96. The van der Waals surface area contributed by atoms with Crippen LogP contribution in [0, 0.1) is 0 Å². The van der Waals surface area contributed by atoms with Crippen LogP contribution >= 0.6 is 7.60 Å². The summed E-state index contributed by atoms with van der Waals surface area (Å²) in [5.74, 6) is -0.373. The van der Waals surface area contributed by atoms with Gasteiger partial charge in [-0.1, -0.05) is 70.4 Å². The van der Waals surface area contributed by atoms with Gasteiger partial charge in [-0.05, 0) is 32.1 Å². The Morgan fingerprint density at radius 1 is 0.867 bits per heavy atom. The Labute approximate surface area is 182 Å². The molecule has 3 N–H and O–H groups in total. The summed E-state index contributed by atoms with van der Waals surface area (Å²) in [6.45, 7) is 1.72. The first-order chi connectivity index (χ1) is 14.3. The van der Waals surface area contributed by atoms with E-state index in [1.165, 1.54) is 51.4 Å². The molecule has 0 saturated carbocycles. The minimum absolute atomic E-state index is 0.231. The van der Waals surface area contributed by atoms with Gasteiger partial charge in [0.15, 0.2) is 0 Å². The fraction of sp³-hybridized carbons (Fsp3) is 0.864. The minimum Gasteiger partial charge on any atom is -0.463 e. The van der Waals surface area contributed by atoms with Crippen molar-refractivity contribution in [3.8, 4) is 0 Å². The van der Waals surface area contributed by atoms with Gasteiger partial charge < -0.3 is 24.4 Å². The first kappa shape index (κ1) is 29.3. The van der Waals surface area contributed by atoms with Gasteiger partial charge in [-0.25, -0.2) is 0 Å². The molecule has 1 atom stereocenters. The Morgan fingerprint density at radius 2 is 1.40 bits per heavy atom. The quantitative estimate of drug-likeness (QED) is 0.0967. The molecule has 0 aromatic rings. The molecule has 0 aliphatic heterocycles. The van der Waals surface area contributed by atoms with Gasteiger partial charge in [-0.2, -0.15) is 0 Å². The van der Waals surface area contributed by atoms with Gasteiger partial charge in [-0.3, -0.25) is 9.36 Å². The summed E-state index contributed by atoms with van der Waals surface area (Å²) in [5.41, 5.74) is 0. The van der Waals surface area contributed by atoms with Gasteiger partial charge in [0.1, 0.15) is 19.1 Å². The van der Waals surface area contributed by atoms with Crippen LogP contribution in [0.25, 0.3) is 0 Å². The van der Waals surface area contributed by atoms with E-state index < -0.39 is 20.0 Å². The summed E-state index contributed by atoms with van der Waals surface area (Å²) in [5, 5.41) is 9.54. The number of carbonyl (C=O) groups is 1. The number of hydrogen-bond donors (Lipinski definition) is 3. The van der Waals surface area contributed by atoms with Crippen LogP contribution in [0.2, 0.25) is 0 Å². The van der Waals surface area contributed by atoms with Crippen molar-refractivity contribution < 1.29 is 33.7 Å². The third-order valence-electron chi connectivity index (χ3n) is 4.65. The topological polar surface area (TPSA) is 113 Å². The van der Waals surface area contributed by atoms with Crippen molar-refractivity contribution in [2.45, 2.75) is 103 Å². The van der Waals surface area contributed by atoms with Gasteiger partial charge in [0.05, 0.1) is 6.61 Å². The molecule has 178 valence electrons. The van der Waals surface area contributed by atoms with E-state index >= 15 is 0 Å². The number of unbranched alkanes of at least 4 members (excludes halogenated alkanes) is 11. The molecule has 0 saturated heterocycles. The average molecular weight is 451 g/mol. The Balaban J connectivity index is 3.38. The molecule has 0 amide bonds. The molecule has 0 aromatic carbocycles. The van der Waals surface area contributed by atoms with Crippen molar-refractivity contribution in [3.63, 3.8) is 0 Å². The molecule has 0 unspecified atom stereocenters. The van der Waals surface area contributed by atoms with Gasteiger partial charge in [0.25, 0.3) is 0 Å². The van der Waals surface area contributed by atoms with Crippen LogP contribution in [0.5, 0.6) is 0 Å². The Bertz CT molecular complexity index is 476. The number of hydrogen-bond acceptors (Lipinski definition) is 5. The number of ether oxygens (including phenoxy) is 2. The van der Waals surface area contributed by atoms with Crippen LogP contribution in [0.1, 0.15) is 96.8 Å². The zero-order valence-corrected chi connectivity index (χ0v) is 19.6. The van der Waals surface area contributed by atoms with Crippen LogP contribution in [0.4, 0.5) is 0 Å². The first-order valence-corrected chi connectivity index (χ1v) is 13.3. The highest BCUT2D eigenvalue weighted by Crippen LogP contribution is 2.33. The predicted octanol–water partition coefficient (Wildman–Crippen LogP) is 5.08. The zero-order chi connectivity index (χ0) is 22.5. The van der Waals surface area contributed by atoms with Crippen molar-refractivity contribution >= 4 is 13.6 Å². The van der Waals surface area contributed by atoms with Crippen molar-refractivity contribution in [2.24, 2.45) is 0 Å². The number of aliphatic hydroxyl groups excluding tert-OH is 1. The van der Waals surface area contributed by atoms with E-state index in [4.69, 9.17) is 14.5 Å². The van der Waals surface area contributed by atoms with Crippen molar-refractivity contribution in [3.05, 3.63) is 12.2 Å². The molecule has 0 heterocycles. The second kappa shape index (κ2) is 20.2. The molecule has 7 nitrogen and oxygen atoms in total.